The standard InChI is InChI=1S/C22H21N3O2/c1-16(18-10-6-3-7-11-18)25-21(26)19-12-13-23-20(14-19)22(27)24-15-17-8-4-2-5-9-17/h2-14,16H,15H2,1H3,(H,24,27)(H,25,26). The molecule has 0 aliphatic carbocycles. The molecule has 1 atom stereocenters. The number of benzene rings is 2. The minimum Gasteiger partial charge on any atom is -0.347 e. The lowest BCUT2D eigenvalue weighted by Crippen LogP contribution is -2.28. The first-order chi connectivity index (χ1) is 13.1. The number of carbonyl (C=O) groups is 2. The molecule has 0 saturated carbocycles. The maximum atomic E-state index is 12.5. The molecular weight excluding hydrogens is 338 g/mol. The third-order valence-corrected chi connectivity index (χ3v) is 4.20. The number of hydrogen-bond donors (Lipinski definition) is 2. The first-order valence-corrected chi connectivity index (χ1v) is 8.77. The molecule has 3 aromatic rings. The molecule has 0 saturated heterocycles. The van der Waals surface area contributed by atoms with Gasteiger partial charge in [0.2, 0.25) is 0 Å². The first kappa shape index (κ1) is 18.3. The van der Waals surface area contributed by atoms with Crippen LogP contribution in [0.2, 0.25) is 0 Å². The van der Waals surface area contributed by atoms with Crippen molar-refractivity contribution in [2.24, 2.45) is 0 Å². The summed E-state index contributed by atoms with van der Waals surface area (Å²) in [4.78, 5) is 28.9. The van der Waals surface area contributed by atoms with Crippen LogP contribution in [-0.2, 0) is 6.54 Å². The molecular formula is C22H21N3O2. The predicted molar refractivity (Wildman–Crippen MR) is 104 cm³/mol. The van der Waals surface area contributed by atoms with Gasteiger partial charge in [-0.3, -0.25) is 14.6 Å². The zero-order chi connectivity index (χ0) is 19.1. The van der Waals surface area contributed by atoms with Crippen molar-refractivity contribution in [3.63, 3.8) is 0 Å². The lowest BCUT2D eigenvalue weighted by molar-refractivity contribution is 0.0939. The van der Waals surface area contributed by atoms with Crippen LogP contribution in [-0.4, -0.2) is 16.8 Å². The summed E-state index contributed by atoms with van der Waals surface area (Å²) in [6, 6.07) is 22.3. The van der Waals surface area contributed by atoms with Gasteiger partial charge in [0.15, 0.2) is 0 Å². The second-order valence-electron chi connectivity index (χ2n) is 6.20. The van der Waals surface area contributed by atoms with Crippen molar-refractivity contribution < 1.29 is 9.59 Å². The summed E-state index contributed by atoms with van der Waals surface area (Å²) >= 11 is 0. The second kappa shape index (κ2) is 8.76. The number of aromatic nitrogens is 1. The molecule has 0 fully saturated rings. The average Bonchev–Trinajstić information content (AvgIpc) is 2.73. The van der Waals surface area contributed by atoms with E-state index in [1.54, 1.807) is 6.07 Å². The van der Waals surface area contributed by atoms with Crippen molar-refractivity contribution in [1.82, 2.24) is 15.6 Å². The molecule has 5 heteroatoms. The molecule has 5 nitrogen and oxygen atoms in total. The highest BCUT2D eigenvalue weighted by Crippen LogP contribution is 2.12. The van der Waals surface area contributed by atoms with Crippen LogP contribution in [0.4, 0.5) is 0 Å². The van der Waals surface area contributed by atoms with Gasteiger partial charge in [-0.2, -0.15) is 0 Å². The third-order valence-electron chi connectivity index (χ3n) is 4.20. The Hall–Kier alpha value is -3.47. The summed E-state index contributed by atoms with van der Waals surface area (Å²) in [5.74, 6) is -0.560. The van der Waals surface area contributed by atoms with Gasteiger partial charge in [-0.05, 0) is 30.2 Å². The molecule has 1 heterocycles. The van der Waals surface area contributed by atoms with Crippen LogP contribution in [0.3, 0.4) is 0 Å². The van der Waals surface area contributed by atoms with Gasteiger partial charge in [0.25, 0.3) is 11.8 Å². The number of nitrogens with one attached hydrogen (secondary N) is 2. The van der Waals surface area contributed by atoms with Gasteiger partial charge in [0, 0.05) is 18.3 Å². The number of amides is 2. The van der Waals surface area contributed by atoms with Crippen LogP contribution >= 0.6 is 0 Å². The summed E-state index contributed by atoms with van der Waals surface area (Å²) in [6.45, 7) is 2.32. The van der Waals surface area contributed by atoms with Crippen LogP contribution in [0.1, 0.15) is 44.9 Å². The van der Waals surface area contributed by atoms with Crippen LogP contribution in [0.5, 0.6) is 0 Å². The molecule has 0 aliphatic rings. The lowest BCUT2D eigenvalue weighted by Gasteiger charge is -2.14. The number of hydrogen-bond acceptors (Lipinski definition) is 3. The first-order valence-electron chi connectivity index (χ1n) is 8.77. The van der Waals surface area contributed by atoms with Gasteiger partial charge in [-0.1, -0.05) is 60.7 Å². The highest BCUT2D eigenvalue weighted by Gasteiger charge is 2.14. The van der Waals surface area contributed by atoms with E-state index in [1.165, 1.54) is 12.3 Å². The smallest absolute Gasteiger partial charge is 0.270 e. The second-order valence-corrected chi connectivity index (χ2v) is 6.20. The Morgan fingerprint density at radius 1 is 0.926 bits per heavy atom. The minimum absolute atomic E-state index is 0.137. The number of pyridine rings is 1. The topological polar surface area (TPSA) is 71.1 Å². The molecule has 1 aromatic heterocycles. The summed E-state index contributed by atoms with van der Waals surface area (Å²) < 4.78 is 0. The van der Waals surface area contributed by atoms with Gasteiger partial charge in [0.05, 0.1) is 6.04 Å². The highest BCUT2D eigenvalue weighted by atomic mass is 16.2. The van der Waals surface area contributed by atoms with E-state index in [9.17, 15) is 9.59 Å². The Bertz CT molecular complexity index is 911. The van der Waals surface area contributed by atoms with Gasteiger partial charge in [0.1, 0.15) is 5.69 Å². The molecule has 2 amide bonds. The van der Waals surface area contributed by atoms with Gasteiger partial charge in [-0.25, -0.2) is 0 Å². The van der Waals surface area contributed by atoms with E-state index >= 15 is 0 Å². The van der Waals surface area contributed by atoms with Crippen molar-refractivity contribution >= 4 is 11.8 Å². The zero-order valence-electron chi connectivity index (χ0n) is 15.1. The van der Waals surface area contributed by atoms with Crippen molar-refractivity contribution in [3.8, 4) is 0 Å². The average molecular weight is 359 g/mol. The largest absolute Gasteiger partial charge is 0.347 e. The highest BCUT2D eigenvalue weighted by molar-refractivity contribution is 5.98. The van der Waals surface area contributed by atoms with E-state index in [4.69, 9.17) is 0 Å². The molecule has 0 spiro atoms. The van der Waals surface area contributed by atoms with E-state index in [2.05, 4.69) is 15.6 Å². The molecule has 136 valence electrons. The Kier molecular flexibility index (Phi) is 5.94. The number of carbonyl (C=O) groups excluding carboxylic acids is 2. The monoisotopic (exact) mass is 359 g/mol. The Morgan fingerprint density at radius 3 is 2.30 bits per heavy atom. The maximum absolute atomic E-state index is 12.5. The van der Waals surface area contributed by atoms with Crippen LogP contribution < -0.4 is 10.6 Å². The van der Waals surface area contributed by atoms with E-state index in [0.717, 1.165) is 11.1 Å². The van der Waals surface area contributed by atoms with Crippen LogP contribution in [0.15, 0.2) is 79.0 Å². The minimum atomic E-state index is -0.315. The van der Waals surface area contributed by atoms with E-state index in [-0.39, 0.29) is 23.6 Å². The number of nitrogens with zero attached hydrogens (tertiary/aromatic N) is 1. The third kappa shape index (κ3) is 5.01. The van der Waals surface area contributed by atoms with E-state index in [0.29, 0.717) is 12.1 Å². The Morgan fingerprint density at radius 2 is 1.59 bits per heavy atom. The normalized spacial score (nSPS) is 11.4. The van der Waals surface area contributed by atoms with Gasteiger partial charge < -0.3 is 10.6 Å². The van der Waals surface area contributed by atoms with E-state index < -0.39 is 0 Å². The lowest BCUT2D eigenvalue weighted by atomic mass is 10.1. The predicted octanol–water partition coefficient (Wildman–Crippen LogP) is 3.50. The molecule has 1 unspecified atom stereocenters. The van der Waals surface area contributed by atoms with Crippen molar-refractivity contribution in [2.45, 2.75) is 19.5 Å². The van der Waals surface area contributed by atoms with Crippen LogP contribution in [0.25, 0.3) is 0 Å². The van der Waals surface area contributed by atoms with Crippen LogP contribution in [0, 0.1) is 0 Å². The maximum Gasteiger partial charge on any atom is 0.270 e. The summed E-state index contributed by atoms with van der Waals surface area (Å²) in [5, 5.41) is 5.75. The molecule has 0 bridgehead atoms. The van der Waals surface area contributed by atoms with Gasteiger partial charge >= 0.3 is 0 Å². The van der Waals surface area contributed by atoms with E-state index in [1.807, 2.05) is 67.6 Å². The Balaban J connectivity index is 1.64. The fraction of sp³-hybridized carbons (Fsp3) is 0.136. The summed E-state index contributed by atoms with van der Waals surface area (Å²) in [6.07, 6.45) is 1.47. The SMILES string of the molecule is CC(NC(=O)c1ccnc(C(=O)NCc2ccccc2)c1)c1ccccc1. The molecule has 2 aromatic carbocycles. The summed E-state index contributed by atoms with van der Waals surface area (Å²) in [5.41, 5.74) is 2.63. The van der Waals surface area contributed by atoms with Crippen molar-refractivity contribution in [1.29, 1.82) is 0 Å². The zero-order valence-corrected chi connectivity index (χ0v) is 15.1. The Labute approximate surface area is 158 Å². The summed E-state index contributed by atoms with van der Waals surface area (Å²) in [7, 11) is 0. The quantitative estimate of drug-likeness (QED) is 0.708. The molecule has 0 aliphatic heterocycles. The number of rotatable bonds is 6. The molecule has 3 rings (SSSR count). The van der Waals surface area contributed by atoms with Crippen molar-refractivity contribution in [2.75, 3.05) is 0 Å². The molecule has 27 heavy (non-hydrogen) atoms. The fourth-order valence-electron chi connectivity index (χ4n) is 2.67. The van der Waals surface area contributed by atoms with Gasteiger partial charge in [-0.15, -0.1) is 0 Å². The molecule has 0 radical (unpaired) electrons. The van der Waals surface area contributed by atoms with Crippen molar-refractivity contribution in [3.05, 3.63) is 101 Å². The fourth-order valence-corrected chi connectivity index (χ4v) is 2.67. The molecule has 2 N–H and O–H groups in total.